The maximum absolute atomic E-state index is 5.45. The number of terminal acetylenes is 1. The van der Waals surface area contributed by atoms with E-state index in [4.69, 9.17) is 6.42 Å². The minimum atomic E-state index is 1.13. The first kappa shape index (κ1) is 14.3. The van der Waals surface area contributed by atoms with Gasteiger partial charge in [0.2, 0.25) is 0 Å². The Morgan fingerprint density at radius 1 is 1.06 bits per heavy atom. The number of unbranched alkanes of at least 4 members (excludes halogenated alkanes) is 7. The lowest BCUT2D eigenvalue weighted by molar-refractivity contribution is 0.575. The monoisotopic (exact) mass is 248 g/mol. The molecule has 0 aliphatic heterocycles. The van der Waals surface area contributed by atoms with Gasteiger partial charge in [-0.25, -0.2) is 0 Å². The van der Waals surface area contributed by atoms with E-state index < -0.39 is 0 Å². The summed E-state index contributed by atoms with van der Waals surface area (Å²) in [6, 6.07) is 2.18. The number of aryl methyl sites for hydroxylation is 1. The Labute approximate surface area is 110 Å². The molecule has 1 aromatic heterocycles. The summed E-state index contributed by atoms with van der Waals surface area (Å²) in [6.45, 7) is 2.27. The Balaban J connectivity index is 2.00. The summed E-state index contributed by atoms with van der Waals surface area (Å²) in [5.74, 6) is 2.77. The molecule has 0 bridgehead atoms. The molecule has 1 aromatic rings. The second-order valence-electron chi connectivity index (χ2n) is 4.64. The van der Waals surface area contributed by atoms with Crippen molar-refractivity contribution in [1.82, 2.24) is 0 Å². The molecule has 94 valence electrons. The molecule has 0 aromatic carbocycles. The molecule has 0 saturated heterocycles. The third kappa shape index (κ3) is 5.94. The van der Waals surface area contributed by atoms with Gasteiger partial charge in [-0.1, -0.05) is 57.8 Å². The van der Waals surface area contributed by atoms with Crippen LogP contribution in [-0.4, -0.2) is 0 Å². The smallest absolute Gasteiger partial charge is 0.0797 e. The Bertz CT molecular complexity index is 330. The maximum Gasteiger partial charge on any atom is 0.0797 e. The van der Waals surface area contributed by atoms with Gasteiger partial charge < -0.3 is 0 Å². The Morgan fingerprint density at radius 2 is 1.71 bits per heavy atom. The first-order chi connectivity index (χ1) is 8.38. The Hall–Kier alpha value is -0.740. The third-order valence-electron chi connectivity index (χ3n) is 3.18. The van der Waals surface area contributed by atoms with Gasteiger partial charge in [0.05, 0.1) is 4.88 Å². The van der Waals surface area contributed by atoms with Crippen molar-refractivity contribution >= 4 is 11.3 Å². The molecule has 0 aliphatic carbocycles. The summed E-state index contributed by atoms with van der Waals surface area (Å²) in [4.78, 5) is 1.13. The van der Waals surface area contributed by atoms with E-state index in [1.165, 1.54) is 56.9 Å². The summed E-state index contributed by atoms with van der Waals surface area (Å²) in [5.41, 5.74) is 1.38. The molecule has 0 unspecified atom stereocenters. The summed E-state index contributed by atoms with van der Waals surface area (Å²) in [7, 11) is 0. The normalized spacial score (nSPS) is 10.4. The first-order valence-electron chi connectivity index (χ1n) is 6.91. The maximum atomic E-state index is 5.45. The van der Waals surface area contributed by atoms with Crippen LogP contribution >= 0.6 is 11.3 Å². The van der Waals surface area contributed by atoms with Crippen LogP contribution in [-0.2, 0) is 6.42 Å². The zero-order chi connectivity index (χ0) is 12.3. The molecule has 0 amide bonds. The number of hydrogen-bond donors (Lipinski definition) is 0. The highest BCUT2D eigenvalue weighted by Gasteiger charge is 2.00. The predicted molar refractivity (Wildman–Crippen MR) is 78.6 cm³/mol. The lowest BCUT2D eigenvalue weighted by atomic mass is 10.0. The third-order valence-corrected chi connectivity index (χ3v) is 4.07. The second kappa shape index (κ2) is 9.31. The van der Waals surface area contributed by atoms with E-state index in [2.05, 4.69) is 24.3 Å². The van der Waals surface area contributed by atoms with Crippen molar-refractivity contribution in [2.24, 2.45) is 0 Å². The zero-order valence-electron chi connectivity index (χ0n) is 11.0. The Kier molecular flexibility index (Phi) is 7.84. The van der Waals surface area contributed by atoms with Crippen molar-refractivity contribution in [2.45, 2.75) is 64.7 Å². The first-order valence-corrected chi connectivity index (χ1v) is 7.79. The van der Waals surface area contributed by atoms with Crippen molar-refractivity contribution in [2.75, 3.05) is 0 Å². The van der Waals surface area contributed by atoms with Gasteiger partial charge in [0.25, 0.3) is 0 Å². The van der Waals surface area contributed by atoms with Crippen LogP contribution < -0.4 is 0 Å². The highest BCUT2D eigenvalue weighted by Crippen LogP contribution is 2.18. The standard InChI is InChI=1S/C16H24S/c1-3-5-6-7-8-9-10-11-12-15-13-14-17-16(15)4-2/h2,13-14H,3,5-12H2,1H3. The van der Waals surface area contributed by atoms with Crippen LogP contribution in [0.15, 0.2) is 11.4 Å². The van der Waals surface area contributed by atoms with E-state index >= 15 is 0 Å². The largest absolute Gasteiger partial charge is 0.135 e. The van der Waals surface area contributed by atoms with Gasteiger partial charge in [-0.15, -0.1) is 17.8 Å². The topological polar surface area (TPSA) is 0 Å². The van der Waals surface area contributed by atoms with Gasteiger partial charge in [0.1, 0.15) is 0 Å². The van der Waals surface area contributed by atoms with Crippen LogP contribution in [0.25, 0.3) is 0 Å². The van der Waals surface area contributed by atoms with Gasteiger partial charge in [0.15, 0.2) is 0 Å². The highest BCUT2D eigenvalue weighted by atomic mass is 32.1. The molecular formula is C16H24S. The lowest BCUT2D eigenvalue weighted by Crippen LogP contribution is -1.86. The van der Waals surface area contributed by atoms with Crippen molar-refractivity contribution in [3.05, 3.63) is 21.9 Å². The fourth-order valence-electron chi connectivity index (χ4n) is 2.11. The van der Waals surface area contributed by atoms with Crippen molar-refractivity contribution in [3.8, 4) is 12.3 Å². The van der Waals surface area contributed by atoms with E-state index in [1.54, 1.807) is 11.3 Å². The van der Waals surface area contributed by atoms with Crippen LogP contribution in [0.1, 0.15) is 68.7 Å². The summed E-state index contributed by atoms with van der Waals surface area (Å²) in [6.07, 6.45) is 17.6. The van der Waals surface area contributed by atoms with Crippen LogP contribution in [0, 0.1) is 12.3 Å². The van der Waals surface area contributed by atoms with Gasteiger partial charge >= 0.3 is 0 Å². The molecular weight excluding hydrogens is 224 g/mol. The number of rotatable bonds is 9. The van der Waals surface area contributed by atoms with Gasteiger partial charge in [0, 0.05) is 0 Å². The fraction of sp³-hybridized carbons (Fsp3) is 0.625. The van der Waals surface area contributed by atoms with Crippen LogP contribution in [0.4, 0.5) is 0 Å². The van der Waals surface area contributed by atoms with E-state index in [9.17, 15) is 0 Å². The average Bonchev–Trinajstić information content (AvgIpc) is 2.80. The molecule has 1 heteroatoms. The minimum absolute atomic E-state index is 1.13. The number of hydrogen-bond acceptors (Lipinski definition) is 1. The average molecular weight is 248 g/mol. The molecule has 0 saturated carbocycles. The van der Waals surface area contributed by atoms with E-state index in [1.807, 2.05) is 0 Å². The minimum Gasteiger partial charge on any atom is -0.135 e. The second-order valence-corrected chi connectivity index (χ2v) is 5.56. The van der Waals surface area contributed by atoms with Crippen molar-refractivity contribution in [1.29, 1.82) is 0 Å². The molecule has 0 atom stereocenters. The van der Waals surface area contributed by atoms with Gasteiger partial charge in [-0.2, -0.15) is 0 Å². The van der Waals surface area contributed by atoms with Crippen LogP contribution in [0.2, 0.25) is 0 Å². The fourth-order valence-corrected chi connectivity index (χ4v) is 2.87. The molecule has 1 heterocycles. The van der Waals surface area contributed by atoms with Crippen LogP contribution in [0.3, 0.4) is 0 Å². The Morgan fingerprint density at radius 3 is 2.35 bits per heavy atom. The molecule has 0 N–H and O–H groups in total. The van der Waals surface area contributed by atoms with Crippen molar-refractivity contribution < 1.29 is 0 Å². The molecule has 0 nitrogen and oxygen atoms in total. The lowest BCUT2D eigenvalue weighted by Gasteiger charge is -2.01. The number of thiophene rings is 1. The molecule has 1 rings (SSSR count). The quantitative estimate of drug-likeness (QED) is 0.405. The molecule has 0 aliphatic rings. The summed E-state index contributed by atoms with van der Waals surface area (Å²) in [5, 5.41) is 2.11. The van der Waals surface area contributed by atoms with Gasteiger partial charge in [-0.05, 0) is 29.9 Å². The van der Waals surface area contributed by atoms with E-state index in [0.717, 1.165) is 11.3 Å². The van der Waals surface area contributed by atoms with Gasteiger partial charge in [-0.3, -0.25) is 0 Å². The zero-order valence-corrected chi connectivity index (χ0v) is 11.8. The highest BCUT2D eigenvalue weighted by molar-refractivity contribution is 7.10. The van der Waals surface area contributed by atoms with Crippen LogP contribution in [0.5, 0.6) is 0 Å². The molecule has 0 spiro atoms. The predicted octanol–water partition coefficient (Wildman–Crippen LogP) is 5.41. The molecule has 17 heavy (non-hydrogen) atoms. The van der Waals surface area contributed by atoms with Crippen molar-refractivity contribution in [3.63, 3.8) is 0 Å². The summed E-state index contributed by atoms with van der Waals surface area (Å²) >= 11 is 1.69. The molecule has 0 fully saturated rings. The SMILES string of the molecule is C#Cc1sccc1CCCCCCCCCC. The summed E-state index contributed by atoms with van der Waals surface area (Å²) < 4.78 is 0. The molecule has 0 radical (unpaired) electrons. The van der Waals surface area contributed by atoms with E-state index in [-0.39, 0.29) is 0 Å². The van der Waals surface area contributed by atoms with E-state index in [0.29, 0.717) is 0 Å².